The number of benzene rings is 3. The Hall–Kier alpha value is -5.00. The average molecular weight is 686 g/mol. The molecular formula is C39H42F3N5O3. The van der Waals surface area contributed by atoms with Gasteiger partial charge in [-0.1, -0.05) is 78.9 Å². The second-order valence-electron chi connectivity index (χ2n) is 12.4. The van der Waals surface area contributed by atoms with Gasteiger partial charge in [0.1, 0.15) is 11.9 Å². The van der Waals surface area contributed by atoms with Crippen molar-refractivity contribution < 1.29 is 27.9 Å². The van der Waals surface area contributed by atoms with E-state index < -0.39 is 23.7 Å². The lowest BCUT2D eigenvalue weighted by molar-refractivity contribution is -0.145. The van der Waals surface area contributed by atoms with Crippen molar-refractivity contribution in [3.05, 3.63) is 137 Å². The van der Waals surface area contributed by atoms with Crippen LogP contribution in [0.2, 0.25) is 0 Å². The Bertz CT molecular complexity index is 1690. The van der Waals surface area contributed by atoms with E-state index >= 15 is 0 Å². The van der Waals surface area contributed by atoms with Gasteiger partial charge < -0.3 is 19.8 Å². The van der Waals surface area contributed by atoms with Gasteiger partial charge in [0.05, 0.1) is 12.2 Å². The number of anilines is 1. The van der Waals surface area contributed by atoms with Crippen molar-refractivity contribution in [2.24, 2.45) is 0 Å². The highest BCUT2D eigenvalue weighted by Gasteiger charge is 2.34. The molecule has 1 aliphatic heterocycles. The SMILES string of the molecule is CN(CCO)c1ccc(CN(C(=O)C=Cc2ccc(C(F)(F)F)cc2)[C@@H](Cc2ccccc2)C(=O)N2CCN(Cc3ccccc3)CC2)cn1. The van der Waals surface area contributed by atoms with Gasteiger partial charge in [-0.2, -0.15) is 13.2 Å². The Labute approximate surface area is 291 Å². The van der Waals surface area contributed by atoms with Gasteiger partial charge in [0.2, 0.25) is 11.8 Å². The Morgan fingerprint density at radius 2 is 1.50 bits per heavy atom. The summed E-state index contributed by atoms with van der Waals surface area (Å²) >= 11 is 0. The number of aliphatic hydroxyl groups excluding tert-OH is 1. The number of rotatable bonds is 13. The Morgan fingerprint density at radius 3 is 2.08 bits per heavy atom. The lowest BCUT2D eigenvalue weighted by Crippen LogP contribution is -2.56. The third kappa shape index (κ3) is 10.0. The molecule has 2 amide bonds. The number of amides is 2. The summed E-state index contributed by atoms with van der Waals surface area (Å²) in [5.74, 6) is 0.0216. The second kappa shape index (κ2) is 17.1. The second-order valence-corrected chi connectivity index (χ2v) is 12.4. The maximum Gasteiger partial charge on any atom is 0.416 e. The summed E-state index contributed by atoms with van der Waals surface area (Å²) in [5, 5.41) is 9.33. The van der Waals surface area contributed by atoms with Crippen molar-refractivity contribution in [1.29, 1.82) is 0 Å². The molecule has 0 radical (unpaired) electrons. The summed E-state index contributed by atoms with van der Waals surface area (Å²) in [5.41, 5.74) is 2.43. The van der Waals surface area contributed by atoms with E-state index in [4.69, 9.17) is 0 Å². The monoisotopic (exact) mass is 685 g/mol. The Balaban J connectivity index is 1.42. The first kappa shape index (κ1) is 36.3. The normalized spacial score (nSPS) is 14.5. The number of pyridine rings is 1. The van der Waals surface area contributed by atoms with Crippen LogP contribution in [0.1, 0.15) is 27.8 Å². The van der Waals surface area contributed by atoms with E-state index in [1.54, 1.807) is 17.2 Å². The van der Waals surface area contributed by atoms with Crippen LogP contribution in [0.15, 0.2) is 109 Å². The maximum absolute atomic E-state index is 14.5. The lowest BCUT2D eigenvalue weighted by atomic mass is 10.0. The van der Waals surface area contributed by atoms with Gasteiger partial charge in [0, 0.05) is 71.6 Å². The van der Waals surface area contributed by atoms with Crippen LogP contribution in [0.3, 0.4) is 0 Å². The van der Waals surface area contributed by atoms with Crippen molar-refractivity contribution in [1.82, 2.24) is 19.7 Å². The number of hydrogen-bond donors (Lipinski definition) is 1. The molecule has 0 aliphatic carbocycles. The number of carbonyl (C=O) groups excluding carboxylic acids is 2. The molecular weight excluding hydrogens is 643 g/mol. The van der Waals surface area contributed by atoms with E-state index in [1.807, 2.05) is 66.5 Å². The summed E-state index contributed by atoms with van der Waals surface area (Å²) in [4.78, 5) is 40.5. The van der Waals surface area contributed by atoms with Crippen LogP contribution in [0.4, 0.5) is 19.0 Å². The first-order valence-corrected chi connectivity index (χ1v) is 16.6. The van der Waals surface area contributed by atoms with Gasteiger partial charge in [-0.15, -0.1) is 0 Å². The smallest absolute Gasteiger partial charge is 0.395 e. The van der Waals surface area contributed by atoms with Crippen LogP contribution in [-0.4, -0.2) is 89.0 Å². The van der Waals surface area contributed by atoms with Gasteiger partial charge in [0.25, 0.3) is 0 Å². The molecule has 0 unspecified atom stereocenters. The molecule has 1 N–H and O–H groups in total. The fraction of sp³-hybridized carbons (Fsp3) is 0.308. The minimum absolute atomic E-state index is 0.0305. The lowest BCUT2D eigenvalue weighted by Gasteiger charge is -2.39. The summed E-state index contributed by atoms with van der Waals surface area (Å²) in [7, 11) is 1.81. The van der Waals surface area contributed by atoms with Crippen molar-refractivity contribution in [3.8, 4) is 0 Å². The zero-order chi connectivity index (χ0) is 35.5. The van der Waals surface area contributed by atoms with Crippen LogP contribution in [0.25, 0.3) is 6.08 Å². The number of nitrogens with zero attached hydrogens (tertiary/aromatic N) is 5. The number of hydrogen-bond acceptors (Lipinski definition) is 6. The molecule has 3 aromatic carbocycles. The van der Waals surface area contributed by atoms with Crippen molar-refractivity contribution in [2.45, 2.75) is 31.7 Å². The largest absolute Gasteiger partial charge is 0.416 e. The fourth-order valence-corrected chi connectivity index (χ4v) is 5.93. The van der Waals surface area contributed by atoms with Crippen LogP contribution < -0.4 is 4.90 Å². The first-order valence-electron chi connectivity index (χ1n) is 16.6. The summed E-state index contributed by atoms with van der Waals surface area (Å²) in [6, 6.07) is 27.0. The predicted octanol–water partition coefficient (Wildman–Crippen LogP) is 5.53. The van der Waals surface area contributed by atoms with Crippen LogP contribution in [0.5, 0.6) is 0 Å². The third-order valence-corrected chi connectivity index (χ3v) is 8.79. The molecule has 5 rings (SSSR count). The molecule has 1 saturated heterocycles. The molecule has 8 nitrogen and oxygen atoms in total. The molecule has 0 spiro atoms. The van der Waals surface area contributed by atoms with Gasteiger partial charge in [-0.3, -0.25) is 14.5 Å². The van der Waals surface area contributed by atoms with Crippen LogP contribution >= 0.6 is 0 Å². The number of alkyl halides is 3. The molecule has 0 bridgehead atoms. The van der Waals surface area contributed by atoms with E-state index in [1.165, 1.54) is 34.7 Å². The number of likely N-dealkylation sites (N-methyl/N-ethyl adjacent to an activating group) is 1. The topological polar surface area (TPSA) is 80.2 Å². The molecule has 1 aromatic heterocycles. The zero-order valence-corrected chi connectivity index (χ0v) is 28.0. The third-order valence-electron chi connectivity index (χ3n) is 8.79. The van der Waals surface area contributed by atoms with E-state index in [-0.39, 0.29) is 25.5 Å². The molecule has 0 saturated carbocycles. The van der Waals surface area contributed by atoms with E-state index in [9.17, 15) is 27.9 Å². The van der Waals surface area contributed by atoms with Crippen molar-refractivity contribution >= 4 is 23.7 Å². The molecule has 262 valence electrons. The van der Waals surface area contributed by atoms with Crippen LogP contribution in [0, 0.1) is 0 Å². The minimum Gasteiger partial charge on any atom is -0.395 e. The maximum atomic E-state index is 14.5. The number of carbonyl (C=O) groups is 2. The highest BCUT2D eigenvalue weighted by Crippen LogP contribution is 2.29. The van der Waals surface area contributed by atoms with Crippen molar-refractivity contribution in [2.75, 3.05) is 51.3 Å². The van der Waals surface area contributed by atoms with Gasteiger partial charge in [-0.05, 0) is 46.5 Å². The number of aromatic nitrogens is 1. The molecule has 1 aliphatic rings. The van der Waals surface area contributed by atoms with E-state index in [0.717, 1.165) is 24.2 Å². The Morgan fingerprint density at radius 1 is 0.860 bits per heavy atom. The number of piperazine rings is 1. The van der Waals surface area contributed by atoms with E-state index in [2.05, 4.69) is 22.0 Å². The van der Waals surface area contributed by atoms with Gasteiger partial charge in [0.15, 0.2) is 0 Å². The molecule has 2 heterocycles. The van der Waals surface area contributed by atoms with E-state index in [0.29, 0.717) is 49.7 Å². The highest BCUT2D eigenvalue weighted by atomic mass is 19.4. The predicted molar refractivity (Wildman–Crippen MR) is 188 cm³/mol. The number of aliphatic hydroxyl groups is 1. The number of halogens is 3. The molecule has 4 aromatic rings. The Kier molecular flexibility index (Phi) is 12.4. The highest BCUT2D eigenvalue weighted by molar-refractivity contribution is 5.95. The van der Waals surface area contributed by atoms with Crippen LogP contribution in [-0.2, 0) is 35.3 Å². The quantitative estimate of drug-likeness (QED) is 0.187. The first-order chi connectivity index (χ1) is 24.1. The summed E-state index contributed by atoms with van der Waals surface area (Å²) in [6.07, 6.45) is 0.225. The molecule has 11 heteroatoms. The van der Waals surface area contributed by atoms with Crippen molar-refractivity contribution in [3.63, 3.8) is 0 Å². The van der Waals surface area contributed by atoms with Gasteiger partial charge >= 0.3 is 6.18 Å². The van der Waals surface area contributed by atoms with Gasteiger partial charge in [-0.25, -0.2) is 4.98 Å². The molecule has 1 atom stereocenters. The minimum atomic E-state index is -4.47. The zero-order valence-electron chi connectivity index (χ0n) is 28.0. The standard InChI is InChI=1S/C39H42F3N5O3/c1-44(24-25-48)36-18-14-33(27-43-36)29-47(37(49)19-15-30-12-16-34(17-13-30)39(40,41)42)35(26-31-8-4-2-5-9-31)38(50)46-22-20-45(21-23-46)28-32-10-6-3-7-11-32/h2-19,27,35,48H,20-26,28-29H2,1H3/t35-/m0/s1. The average Bonchev–Trinajstić information content (AvgIpc) is 3.13. The fourth-order valence-electron chi connectivity index (χ4n) is 5.93. The molecule has 1 fully saturated rings. The summed E-state index contributed by atoms with van der Waals surface area (Å²) in [6.45, 7) is 3.62. The summed E-state index contributed by atoms with van der Waals surface area (Å²) < 4.78 is 39.4. The molecule has 50 heavy (non-hydrogen) atoms.